The normalized spacial score (nSPS) is 11.7. The average Bonchev–Trinajstić information content (AvgIpc) is 3.00. The van der Waals surface area contributed by atoms with Gasteiger partial charge in [0, 0.05) is 35.6 Å². The summed E-state index contributed by atoms with van der Waals surface area (Å²) >= 11 is 1.23. The van der Waals surface area contributed by atoms with Crippen LogP contribution in [0.15, 0.2) is 42.5 Å². The standard InChI is InChI=1S/C20H20FNO4S2/c1-26-11-15-18-16(21)4-3-5-17(18)27-19(15)20(23)22-10-13-6-8-14(9-7-13)12-28(2,24)25/h3-9H,10-12H2,1-2H3,(H,22,23). The Hall–Kier alpha value is -2.29. The molecule has 0 unspecified atom stereocenters. The van der Waals surface area contributed by atoms with Crippen LogP contribution in [-0.2, 0) is 33.5 Å². The van der Waals surface area contributed by atoms with Crippen LogP contribution in [0.4, 0.5) is 4.39 Å². The third-order valence-corrected chi connectivity index (χ3v) is 6.22. The van der Waals surface area contributed by atoms with Gasteiger partial charge in [0.2, 0.25) is 0 Å². The number of halogens is 1. The van der Waals surface area contributed by atoms with Gasteiger partial charge >= 0.3 is 0 Å². The van der Waals surface area contributed by atoms with E-state index < -0.39 is 9.84 Å². The summed E-state index contributed by atoms with van der Waals surface area (Å²) in [5, 5.41) is 3.26. The average molecular weight is 422 g/mol. The van der Waals surface area contributed by atoms with Gasteiger partial charge in [0.25, 0.3) is 5.91 Å². The molecule has 0 aliphatic carbocycles. The molecule has 0 atom stereocenters. The number of fused-ring (bicyclic) bond motifs is 1. The van der Waals surface area contributed by atoms with Gasteiger partial charge in [0.15, 0.2) is 9.84 Å². The number of nitrogens with one attached hydrogen (secondary N) is 1. The highest BCUT2D eigenvalue weighted by Gasteiger charge is 2.20. The summed E-state index contributed by atoms with van der Waals surface area (Å²) in [5.41, 5.74) is 2.08. The highest BCUT2D eigenvalue weighted by atomic mass is 32.2. The van der Waals surface area contributed by atoms with Gasteiger partial charge in [-0.2, -0.15) is 0 Å². The van der Waals surface area contributed by atoms with Crippen LogP contribution in [0, 0.1) is 5.82 Å². The molecular weight excluding hydrogens is 401 g/mol. The van der Waals surface area contributed by atoms with Crippen molar-refractivity contribution in [3.05, 3.63) is 69.8 Å². The number of benzene rings is 2. The molecule has 0 saturated carbocycles. The largest absolute Gasteiger partial charge is 0.380 e. The van der Waals surface area contributed by atoms with Crippen LogP contribution < -0.4 is 5.32 Å². The molecule has 0 aliphatic rings. The molecule has 3 aromatic rings. The summed E-state index contributed by atoms with van der Waals surface area (Å²) in [6.45, 7) is 0.422. The summed E-state index contributed by atoms with van der Waals surface area (Å²) in [4.78, 5) is 13.1. The maximum Gasteiger partial charge on any atom is 0.262 e. The van der Waals surface area contributed by atoms with Crippen LogP contribution >= 0.6 is 11.3 Å². The number of methoxy groups -OCH3 is 1. The molecule has 0 bridgehead atoms. The van der Waals surface area contributed by atoms with Crippen molar-refractivity contribution in [3.8, 4) is 0 Å². The molecule has 148 valence electrons. The third kappa shape index (κ3) is 4.76. The minimum atomic E-state index is -3.09. The predicted octanol–water partition coefficient (Wildman–Crippen LogP) is 3.66. The van der Waals surface area contributed by atoms with Crippen LogP contribution in [0.25, 0.3) is 10.1 Å². The number of amides is 1. The first-order valence-corrected chi connectivity index (χ1v) is 11.4. The fraction of sp³-hybridized carbons (Fsp3) is 0.250. The molecule has 1 heterocycles. The lowest BCUT2D eigenvalue weighted by atomic mass is 10.1. The van der Waals surface area contributed by atoms with Crippen molar-refractivity contribution in [2.45, 2.75) is 18.9 Å². The summed E-state index contributed by atoms with van der Waals surface area (Å²) in [5.74, 6) is -0.693. The van der Waals surface area contributed by atoms with Crippen LogP contribution in [-0.4, -0.2) is 27.7 Å². The van der Waals surface area contributed by atoms with Crippen LogP contribution in [0.3, 0.4) is 0 Å². The molecule has 1 amide bonds. The van der Waals surface area contributed by atoms with Crippen LogP contribution in [0.2, 0.25) is 0 Å². The van der Waals surface area contributed by atoms with E-state index in [0.29, 0.717) is 26.1 Å². The van der Waals surface area contributed by atoms with E-state index in [4.69, 9.17) is 4.74 Å². The topological polar surface area (TPSA) is 72.5 Å². The quantitative estimate of drug-likeness (QED) is 0.632. The van der Waals surface area contributed by atoms with Gasteiger partial charge in [0.05, 0.1) is 17.2 Å². The predicted molar refractivity (Wildman–Crippen MR) is 109 cm³/mol. The van der Waals surface area contributed by atoms with E-state index in [1.54, 1.807) is 36.4 Å². The van der Waals surface area contributed by atoms with E-state index in [0.717, 1.165) is 5.56 Å². The van der Waals surface area contributed by atoms with Crippen molar-refractivity contribution in [3.63, 3.8) is 0 Å². The Morgan fingerprint density at radius 3 is 2.46 bits per heavy atom. The third-order valence-electron chi connectivity index (χ3n) is 4.16. The molecule has 3 rings (SSSR count). The second kappa shape index (κ2) is 8.38. The van der Waals surface area contributed by atoms with E-state index in [1.807, 2.05) is 0 Å². The fourth-order valence-electron chi connectivity index (χ4n) is 2.95. The Morgan fingerprint density at radius 1 is 1.14 bits per heavy atom. The van der Waals surface area contributed by atoms with Gasteiger partial charge in [-0.3, -0.25) is 4.79 Å². The maximum atomic E-state index is 14.2. The minimum Gasteiger partial charge on any atom is -0.380 e. The SMILES string of the molecule is COCc1c(C(=O)NCc2ccc(CS(C)(=O)=O)cc2)sc2cccc(F)c12. The van der Waals surface area contributed by atoms with E-state index >= 15 is 0 Å². The zero-order valence-corrected chi connectivity index (χ0v) is 17.1. The Labute approximate surface area is 167 Å². The van der Waals surface area contributed by atoms with Crippen molar-refractivity contribution in [1.82, 2.24) is 5.32 Å². The van der Waals surface area contributed by atoms with Crippen molar-refractivity contribution < 1.29 is 22.3 Å². The molecule has 5 nitrogen and oxygen atoms in total. The number of carbonyl (C=O) groups excluding carboxylic acids is 1. The van der Waals surface area contributed by atoms with Gasteiger partial charge in [-0.25, -0.2) is 12.8 Å². The van der Waals surface area contributed by atoms with Gasteiger partial charge < -0.3 is 10.1 Å². The van der Waals surface area contributed by atoms with Gasteiger partial charge in [0.1, 0.15) is 5.82 Å². The van der Waals surface area contributed by atoms with Gasteiger partial charge in [-0.15, -0.1) is 11.3 Å². The van der Waals surface area contributed by atoms with Crippen molar-refractivity contribution in [2.75, 3.05) is 13.4 Å². The second-order valence-electron chi connectivity index (χ2n) is 6.52. The summed E-state index contributed by atoms with van der Waals surface area (Å²) in [6.07, 6.45) is 1.19. The number of rotatable bonds is 7. The molecule has 0 radical (unpaired) electrons. The number of hydrogen-bond donors (Lipinski definition) is 1. The van der Waals surface area contributed by atoms with Crippen molar-refractivity contribution in [1.29, 1.82) is 0 Å². The Kier molecular flexibility index (Phi) is 6.12. The molecular formula is C20H20FNO4S2. The molecule has 28 heavy (non-hydrogen) atoms. The number of thiophene rings is 1. The van der Waals surface area contributed by atoms with Gasteiger partial charge in [-0.1, -0.05) is 30.3 Å². The number of carbonyl (C=O) groups is 1. The van der Waals surface area contributed by atoms with E-state index in [2.05, 4.69) is 5.32 Å². The molecule has 2 aromatic carbocycles. The summed E-state index contributed by atoms with van der Waals surface area (Å²) in [6, 6.07) is 11.8. The zero-order valence-electron chi connectivity index (χ0n) is 15.5. The Bertz CT molecular complexity index is 1110. The maximum absolute atomic E-state index is 14.2. The first kappa shape index (κ1) is 20.4. The van der Waals surface area contributed by atoms with E-state index in [1.165, 1.54) is 30.8 Å². The highest BCUT2D eigenvalue weighted by Crippen LogP contribution is 2.33. The lowest BCUT2D eigenvalue weighted by Gasteiger charge is -2.07. The van der Waals surface area contributed by atoms with Crippen molar-refractivity contribution in [2.24, 2.45) is 0 Å². The smallest absolute Gasteiger partial charge is 0.262 e. The van der Waals surface area contributed by atoms with Crippen LogP contribution in [0.5, 0.6) is 0 Å². The Morgan fingerprint density at radius 2 is 1.82 bits per heavy atom. The molecule has 0 fully saturated rings. The Balaban J connectivity index is 1.76. The number of ether oxygens (including phenoxy) is 1. The second-order valence-corrected chi connectivity index (χ2v) is 9.72. The van der Waals surface area contributed by atoms with Crippen molar-refractivity contribution >= 4 is 37.2 Å². The molecule has 1 aromatic heterocycles. The molecule has 8 heteroatoms. The first-order chi connectivity index (χ1) is 13.3. The monoisotopic (exact) mass is 421 g/mol. The zero-order chi connectivity index (χ0) is 20.3. The lowest BCUT2D eigenvalue weighted by molar-refractivity contribution is 0.0950. The summed E-state index contributed by atoms with van der Waals surface area (Å²) in [7, 11) is -1.59. The molecule has 0 spiro atoms. The lowest BCUT2D eigenvalue weighted by Crippen LogP contribution is -2.23. The molecule has 0 saturated heterocycles. The highest BCUT2D eigenvalue weighted by molar-refractivity contribution is 7.89. The fourth-order valence-corrected chi connectivity index (χ4v) is 4.89. The van der Waals surface area contributed by atoms with E-state index in [9.17, 15) is 17.6 Å². The van der Waals surface area contributed by atoms with E-state index in [-0.39, 0.29) is 30.6 Å². The molecule has 1 N–H and O–H groups in total. The first-order valence-electron chi connectivity index (χ1n) is 8.51. The number of hydrogen-bond acceptors (Lipinski definition) is 5. The number of sulfone groups is 1. The van der Waals surface area contributed by atoms with Crippen LogP contribution in [0.1, 0.15) is 26.4 Å². The summed E-state index contributed by atoms with van der Waals surface area (Å²) < 4.78 is 42.8. The minimum absolute atomic E-state index is 0.0205. The van der Waals surface area contributed by atoms with Gasteiger partial charge in [-0.05, 0) is 23.3 Å². The molecule has 0 aliphatic heterocycles.